The molecule has 3 aromatic rings. The smallest absolute Gasteiger partial charge is 0.375 e. The average molecular weight is 488 g/mol. The summed E-state index contributed by atoms with van der Waals surface area (Å²) in [6.07, 6.45) is -1.51. The van der Waals surface area contributed by atoms with Crippen LogP contribution in [0.3, 0.4) is 0 Å². The van der Waals surface area contributed by atoms with E-state index in [1.807, 2.05) is 24.1 Å². The summed E-state index contributed by atoms with van der Waals surface area (Å²) in [7, 11) is 1.88. The summed E-state index contributed by atoms with van der Waals surface area (Å²) in [4.78, 5) is 29.1. The van der Waals surface area contributed by atoms with Gasteiger partial charge in [0.15, 0.2) is 0 Å². The van der Waals surface area contributed by atoms with Crippen molar-refractivity contribution < 1.29 is 27.2 Å². The first kappa shape index (κ1) is 25.7. The van der Waals surface area contributed by atoms with Crippen molar-refractivity contribution in [2.75, 3.05) is 23.8 Å². The lowest BCUT2D eigenvalue weighted by atomic mass is 10.1. The van der Waals surface area contributed by atoms with Gasteiger partial charge in [-0.1, -0.05) is 12.1 Å². The zero-order chi connectivity index (χ0) is 25.4. The molecule has 0 saturated carbocycles. The van der Waals surface area contributed by atoms with Crippen LogP contribution in [-0.2, 0) is 11.0 Å². The van der Waals surface area contributed by atoms with Crippen LogP contribution in [0, 0.1) is 5.95 Å². The van der Waals surface area contributed by atoms with Crippen LogP contribution in [0.2, 0.25) is 0 Å². The lowest BCUT2D eigenvalue weighted by Crippen LogP contribution is -2.39. The molecule has 35 heavy (non-hydrogen) atoms. The molecular formula is C25H24F4N4O2. The summed E-state index contributed by atoms with van der Waals surface area (Å²) in [5.41, 5.74) is 1.37. The van der Waals surface area contributed by atoms with Crippen molar-refractivity contribution in [1.82, 2.24) is 10.3 Å². The number of benzene rings is 2. The van der Waals surface area contributed by atoms with E-state index < -0.39 is 29.8 Å². The first-order valence-electron chi connectivity index (χ1n) is 10.8. The first-order chi connectivity index (χ1) is 16.7. The summed E-state index contributed by atoms with van der Waals surface area (Å²) in [6, 6.07) is 13.2. The highest BCUT2D eigenvalue weighted by molar-refractivity contribution is 5.90. The highest BCUT2D eigenvalue weighted by atomic mass is 19.4. The van der Waals surface area contributed by atoms with Crippen molar-refractivity contribution in [1.29, 1.82) is 0 Å². The van der Waals surface area contributed by atoms with E-state index in [1.54, 1.807) is 24.3 Å². The van der Waals surface area contributed by atoms with Crippen molar-refractivity contribution in [3.8, 4) is 11.1 Å². The molecule has 1 atom stereocenters. The number of aromatic nitrogens is 1. The average Bonchev–Trinajstić information content (AvgIpc) is 2.83. The molecule has 3 rings (SSSR count). The van der Waals surface area contributed by atoms with Gasteiger partial charge in [0.2, 0.25) is 5.95 Å². The lowest BCUT2D eigenvalue weighted by Gasteiger charge is -2.21. The number of alkyl halides is 3. The van der Waals surface area contributed by atoms with Gasteiger partial charge in [-0.15, -0.1) is 0 Å². The van der Waals surface area contributed by atoms with Gasteiger partial charge >= 0.3 is 12.2 Å². The van der Waals surface area contributed by atoms with E-state index in [2.05, 4.69) is 15.6 Å². The van der Waals surface area contributed by atoms with Crippen molar-refractivity contribution in [3.05, 3.63) is 78.4 Å². The second kappa shape index (κ2) is 11.5. The number of pyridine rings is 1. The number of urea groups is 1. The summed E-state index contributed by atoms with van der Waals surface area (Å²) in [6.45, 7) is 0.590. The Hall–Kier alpha value is -3.95. The Balaban J connectivity index is 1.46. The van der Waals surface area contributed by atoms with E-state index in [-0.39, 0.29) is 5.69 Å². The third kappa shape index (κ3) is 7.26. The van der Waals surface area contributed by atoms with Gasteiger partial charge in [-0.2, -0.15) is 17.6 Å². The van der Waals surface area contributed by atoms with Crippen LogP contribution in [0.4, 0.5) is 33.7 Å². The molecule has 0 fully saturated rings. The Morgan fingerprint density at radius 3 is 2.37 bits per heavy atom. The van der Waals surface area contributed by atoms with Crippen LogP contribution in [0.25, 0.3) is 11.1 Å². The fraction of sp³-hybridized carbons (Fsp3) is 0.240. The zero-order valence-corrected chi connectivity index (χ0v) is 18.8. The number of rotatable bonds is 9. The van der Waals surface area contributed by atoms with E-state index in [0.29, 0.717) is 36.8 Å². The predicted molar refractivity (Wildman–Crippen MR) is 126 cm³/mol. The standard InChI is InChI=1S/C25H24F4N4O2/c1-33(21-12-6-17(7-13-21)22-5-2-14-30-23(22)26)15-3-4-20(16-34)32-24(35)31-19-10-8-18(9-11-19)25(27,28)29/h2,5-14,16,20H,3-4,15H2,1H3,(H2,31,32,35). The number of aldehydes is 1. The van der Waals surface area contributed by atoms with Gasteiger partial charge in [0.1, 0.15) is 6.29 Å². The fourth-order valence-electron chi connectivity index (χ4n) is 3.43. The Bertz CT molecular complexity index is 1140. The quantitative estimate of drug-likeness (QED) is 0.237. The van der Waals surface area contributed by atoms with Crippen LogP contribution in [0.15, 0.2) is 66.9 Å². The Kier molecular flexibility index (Phi) is 8.40. The van der Waals surface area contributed by atoms with Gasteiger partial charge in [-0.25, -0.2) is 9.78 Å². The second-order valence-electron chi connectivity index (χ2n) is 7.87. The molecule has 0 saturated heterocycles. The molecule has 1 aromatic heterocycles. The van der Waals surface area contributed by atoms with Crippen LogP contribution in [0.1, 0.15) is 18.4 Å². The minimum atomic E-state index is -4.46. The van der Waals surface area contributed by atoms with E-state index in [4.69, 9.17) is 0 Å². The van der Waals surface area contributed by atoms with Gasteiger partial charge in [0, 0.05) is 36.7 Å². The predicted octanol–water partition coefficient (Wildman–Crippen LogP) is 5.51. The molecule has 0 radical (unpaired) electrons. The molecule has 1 unspecified atom stereocenters. The number of hydrogen-bond acceptors (Lipinski definition) is 4. The third-order valence-electron chi connectivity index (χ3n) is 5.34. The maximum Gasteiger partial charge on any atom is 0.416 e. The number of nitrogens with one attached hydrogen (secondary N) is 2. The molecule has 0 aliphatic heterocycles. The molecular weight excluding hydrogens is 464 g/mol. The Morgan fingerprint density at radius 1 is 1.09 bits per heavy atom. The lowest BCUT2D eigenvalue weighted by molar-refractivity contribution is -0.137. The largest absolute Gasteiger partial charge is 0.416 e. The molecule has 0 bridgehead atoms. The first-order valence-corrected chi connectivity index (χ1v) is 10.8. The second-order valence-corrected chi connectivity index (χ2v) is 7.87. The molecule has 2 amide bonds. The number of carbonyl (C=O) groups excluding carboxylic acids is 2. The van der Waals surface area contributed by atoms with Crippen LogP contribution >= 0.6 is 0 Å². The molecule has 6 nitrogen and oxygen atoms in total. The number of hydrogen-bond donors (Lipinski definition) is 2. The van der Waals surface area contributed by atoms with Crippen LogP contribution in [-0.4, -0.2) is 36.9 Å². The third-order valence-corrected chi connectivity index (χ3v) is 5.34. The molecule has 0 aliphatic carbocycles. The summed E-state index contributed by atoms with van der Waals surface area (Å²) >= 11 is 0. The number of carbonyl (C=O) groups is 2. The molecule has 2 aromatic carbocycles. The zero-order valence-electron chi connectivity index (χ0n) is 18.8. The molecule has 184 valence electrons. The van der Waals surface area contributed by atoms with Crippen molar-refractivity contribution in [2.45, 2.75) is 25.1 Å². The van der Waals surface area contributed by atoms with E-state index in [9.17, 15) is 27.2 Å². The SMILES string of the molecule is CN(CCCC(C=O)NC(=O)Nc1ccc(C(F)(F)F)cc1)c1ccc(-c2cccnc2F)cc1. The van der Waals surface area contributed by atoms with Crippen LogP contribution in [0.5, 0.6) is 0 Å². The highest BCUT2D eigenvalue weighted by Gasteiger charge is 2.30. The molecule has 2 N–H and O–H groups in total. The summed E-state index contributed by atoms with van der Waals surface area (Å²) in [5, 5.41) is 4.92. The minimum Gasteiger partial charge on any atom is -0.375 e. The maximum atomic E-state index is 13.9. The van der Waals surface area contributed by atoms with Gasteiger partial charge in [-0.05, 0) is 66.9 Å². The Labute approximate surface area is 200 Å². The molecule has 10 heteroatoms. The van der Waals surface area contributed by atoms with Gasteiger partial charge in [0.25, 0.3) is 0 Å². The van der Waals surface area contributed by atoms with Crippen molar-refractivity contribution in [2.24, 2.45) is 0 Å². The summed E-state index contributed by atoms with van der Waals surface area (Å²) in [5.74, 6) is -0.539. The van der Waals surface area contributed by atoms with Crippen molar-refractivity contribution >= 4 is 23.7 Å². The van der Waals surface area contributed by atoms with Gasteiger partial charge in [0.05, 0.1) is 11.6 Å². The van der Waals surface area contributed by atoms with E-state index in [0.717, 1.165) is 30.0 Å². The molecule has 0 spiro atoms. The number of anilines is 2. The Morgan fingerprint density at radius 2 is 1.77 bits per heavy atom. The number of amides is 2. The van der Waals surface area contributed by atoms with Crippen molar-refractivity contribution in [3.63, 3.8) is 0 Å². The van der Waals surface area contributed by atoms with Gasteiger partial charge < -0.3 is 20.3 Å². The minimum absolute atomic E-state index is 0.175. The highest BCUT2D eigenvalue weighted by Crippen LogP contribution is 2.29. The molecule has 0 aliphatic rings. The number of nitrogens with zero attached hydrogens (tertiary/aromatic N) is 2. The maximum absolute atomic E-state index is 13.9. The fourth-order valence-corrected chi connectivity index (χ4v) is 3.43. The molecule has 1 heterocycles. The monoisotopic (exact) mass is 488 g/mol. The van der Waals surface area contributed by atoms with Gasteiger partial charge in [-0.3, -0.25) is 0 Å². The van der Waals surface area contributed by atoms with E-state index in [1.165, 1.54) is 6.20 Å². The summed E-state index contributed by atoms with van der Waals surface area (Å²) < 4.78 is 51.7. The van der Waals surface area contributed by atoms with E-state index >= 15 is 0 Å². The number of halogens is 4. The topological polar surface area (TPSA) is 74.3 Å². The van der Waals surface area contributed by atoms with Crippen LogP contribution < -0.4 is 15.5 Å². The normalized spacial score (nSPS) is 12.0.